The minimum atomic E-state index is -3.65. The topological polar surface area (TPSA) is 61.8 Å². The summed E-state index contributed by atoms with van der Waals surface area (Å²) in [6.45, 7) is 2.17. The molecule has 2 aromatic rings. The van der Waals surface area contributed by atoms with Crippen LogP contribution < -0.4 is 10.2 Å². The van der Waals surface area contributed by atoms with E-state index in [1.54, 1.807) is 24.3 Å². The van der Waals surface area contributed by atoms with Crippen LogP contribution in [-0.2, 0) is 10.0 Å². The zero-order chi connectivity index (χ0) is 15.9. The number of benzene rings is 2. The fourth-order valence-electron chi connectivity index (χ4n) is 3.04. The second-order valence-corrected chi connectivity index (χ2v) is 7.35. The second-order valence-electron chi connectivity index (χ2n) is 5.78. The largest absolute Gasteiger partial charge is 0.372 e. The molecular weight excluding hydrogens is 310 g/mol. The molecule has 0 saturated carbocycles. The highest BCUT2D eigenvalue weighted by Crippen LogP contribution is 2.28. The second kappa shape index (κ2) is 5.38. The lowest BCUT2D eigenvalue weighted by Crippen LogP contribution is -2.22. The van der Waals surface area contributed by atoms with Crippen molar-refractivity contribution in [3.63, 3.8) is 0 Å². The Morgan fingerprint density at radius 1 is 0.957 bits per heavy atom. The van der Waals surface area contributed by atoms with Crippen LogP contribution in [-0.4, -0.2) is 27.3 Å². The van der Waals surface area contributed by atoms with E-state index in [-0.39, 0.29) is 4.90 Å². The smallest absolute Gasteiger partial charge is 0.286 e. The Balaban J connectivity index is 1.67. The lowest BCUT2D eigenvalue weighted by atomic mass is 10.1. The minimum Gasteiger partial charge on any atom is -0.372 e. The molecule has 4 rings (SSSR count). The fraction of sp³-hybridized carbons (Fsp3) is 0.235. The molecule has 6 heteroatoms. The summed E-state index contributed by atoms with van der Waals surface area (Å²) in [5, 5.41) is 3.12. The number of nitrogens with zero attached hydrogens (tertiary/aromatic N) is 2. The number of rotatable bonds is 2. The molecule has 0 amide bonds. The van der Waals surface area contributed by atoms with Crippen molar-refractivity contribution in [3.05, 3.63) is 54.1 Å². The van der Waals surface area contributed by atoms with E-state index < -0.39 is 10.0 Å². The third kappa shape index (κ3) is 2.59. The zero-order valence-electron chi connectivity index (χ0n) is 12.6. The van der Waals surface area contributed by atoms with Crippen LogP contribution in [0.15, 0.2) is 57.8 Å². The first-order chi connectivity index (χ1) is 11.1. The van der Waals surface area contributed by atoms with Gasteiger partial charge in [0.15, 0.2) is 5.84 Å². The van der Waals surface area contributed by atoms with E-state index in [9.17, 15) is 8.42 Å². The zero-order valence-corrected chi connectivity index (χ0v) is 13.4. The van der Waals surface area contributed by atoms with Crippen LogP contribution >= 0.6 is 0 Å². The molecule has 0 bridgehead atoms. The van der Waals surface area contributed by atoms with Gasteiger partial charge in [-0.25, -0.2) is 0 Å². The monoisotopic (exact) mass is 327 g/mol. The van der Waals surface area contributed by atoms with E-state index in [0.717, 1.165) is 18.7 Å². The van der Waals surface area contributed by atoms with E-state index >= 15 is 0 Å². The third-order valence-corrected chi connectivity index (χ3v) is 5.58. The van der Waals surface area contributed by atoms with Crippen LogP contribution in [0.4, 0.5) is 11.4 Å². The number of hydrogen-bond donors (Lipinski definition) is 1. The van der Waals surface area contributed by atoms with Crippen molar-refractivity contribution in [2.75, 3.05) is 23.3 Å². The summed E-state index contributed by atoms with van der Waals surface area (Å²) in [5.74, 6) is 0.372. The van der Waals surface area contributed by atoms with E-state index in [2.05, 4.69) is 14.6 Å². The van der Waals surface area contributed by atoms with Gasteiger partial charge in [0, 0.05) is 24.3 Å². The summed E-state index contributed by atoms with van der Waals surface area (Å²) >= 11 is 0. The molecule has 1 N–H and O–H groups in total. The molecule has 2 aliphatic rings. The van der Waals surface area contributed by atoms with Crippen molar-refractivity contribution >= 4 is 27.2 Å². The number of nitrogens with one attached hydrogen (secondary N) is 1. The highest BCUT2D eigenvalue weighted by Gasteiger charge is 2.25. The first kappa shape index (κ1) is 14.3. The van der Waals surface area contributed by atoms with Crippen LogP contribution in [0.1, 0.15) is 18.4 Å². The molecule has 23 heavy (non-hydrogen) atoms. The van der Waals surface area contributed by atoms with Gasteiger partial charge in [-0.3, -0.25) is 0 Å². The maximum atomic E-state index is 12.3. The van der Waals surface area contributed by atoms with Gasteiger partial charge in [-0.15, -0.1) is 4.40 Å². The van der Waals surface area contributed by atoms with Crippen LogP contribution in [0, 0.1) is 0 Å². The maximum Gasteiger partial charge on any atom is 0.286 e. The van der Waals surface area contributed by atoms with E-state index in [1.165, 1.54) is 18.5 Å². The summed E-state index contributed by atoms with van der Waals surface area (Å²) < 4.78 is 28.5. The minimum absolute atomic E-state index is 0.220. The normalized spacial score (nSPS) is 19.0. The van der Waals surface area contributed by atoms with Crippen molar-refractivity contribution in [1.82, 2.24) is 0 Å². The Labute approximate surface area is 135 Å². The standard InChI is InChI=1S/C17H17N3O2S/c21-23(22)16-6-2-1-5-15(16)18-17(19-23)13-7-9-14(10-8-13)20-11-3-4-12-20/h1-2,5-10H,3-4,11-12H2,(H,18,19). The van der Waals surface area contributed by atoms with Gasteiger partial charge in [0.05, 0.1) is 5.69 Å². The number of anilines is 2. The molecule has 2 heterocycles. The number of hydrogen-bond acceptors (Lipinski definition) is 4. The number of fused-ring (bicyclic) bond motifs is 1. The number of sulfonamides is 1. The van der Waals surface area contributed by atoms with Gasteiger partial charge in [-0.2, -0.15) is 8.42 Å². The van der Waals surface area contributed by atoms with Crippen LogP contribution in [0.5, 0.6) is 0 Å². The SMILES string of the molecule is O=S1(=O)N=C(c2ccc(N3CCCC3)cc2)Nc2ccccc21. The van der Waals surface area contributed by atoms with Gasteiger partial charge >= 0.3 is 0 Å². The van der Waals surface area contributed by atoms with E-state index in [1.807, 2.05) is 24.3 Å². The molecule has 0 aromatic heterocycles. The molecule has 0 radical (unpaired) electrons. The molecule has 0 atom stereocenters. The average molecular weight is 327 g/mol. The van der Waals surface area contributed by atoms with Gasteiger partial charge in [0.2, 0.25) is 0 Å². The van der Waals surface area contributed by atoms with Gasteiger partial charge in [0.1, 0.15) is 4.90 Å². The summed E-state index contributed by atoms with van der Waals surface area (Å²) in [4.78, 5) is 2.56. The Morgan fingerprint density at radius 2 is 1.65 bits per heavy atom. The average Bonchev–Trinajstić information content (AvgIpc) is 3.09. The molecule has 2 aromatic carbocycles. The third-order valence-electron chi connectivity index (χ3n) is 4.24. The van der Waals surface area contributed by atoms with Crippen LogP contribution in [0.3, 0.4) is 0 Å². The fourth-order valence-corrected chi connectivity index (χ4v) is 4.18. The molecule has 5 nitrogen and oxygen atoms in total. The maximum absolute atomic E-state index is 12.3. The molecule has 0 aliphatic carbocycles. The first-order valence-corrected chi connectivity index (χ1v) is 9.14. The lowest BCUT2D eigenvalue weighted by molar-refractivity contribution is 0.598. The lowest BCUT2D eigenvalue weighted by Gasteiger charge is -2.20. The van der Waals surface area contributed by atoms with Crippen molar-refractivity contribution in [2.24, 2.45) is 4.40 Å². The van der Waals surface area contributed by atoms with E-state index in [0.29, 0.717) is 11.5 Å². The van der Waals surface area contributed by atoms with E-state index in [4.69, 9.17) is 0 Å². The van der Waals surface area contributed by atoms with Crippen molar-refractivity contribution < 1.29 is 8.42 Å². The summed E-state index contributed by atoms with van der Waals surface area (Å²) in [7, 11) is -3.65. The van der Waals surface area contributed by atoms with Crippen LogP contribution in [0.2, 0.25) is 0 Å². The number of amidine groups is 1. The summed E-state index contributed by atoms with van der Waals surface area (Å²) in [5.41, 5.74) is 2.51. The molecule has 2 aliphatic heterocycles. The van der Waals surface area contributed by atoms with Gasteiger partial charge in [-0.05, 0) is 49.2 Å². The molecule has 118 valence electrons. The molecule has 1 fully saturated rings. The molecule has 0 unspecified atom stereocenters. The predicted octanol–water partition coefficient (Wildman–Crippen LogP) is 2.85. The van der Waals surface area contributed by atoms with Crippen LogP contribution in [0.25, 0.3) is 0 Å². The van der Waals surface area contributed by atoms with Crippen molar-refractivity contribution in [3.8, 4) is 0 Å². The quantitative estimate of drug-likeness (QED) is 0.921. The number of para-hydroxylation sites is 1. The predicted molar refractivity (Wildman–Crippen MR) is 91.7 cm³/mol. The molecule has 1 saturated heterocycles. The molecule has 0 spiro atoms. The first-order valence-electron chi connectivity index (χ1n) is 7.70. The Kier molecular flexibility index (Phi) is 3.34. The van der Waals surface area contributed by atoms with Gasteiger partial charge < -0.3 is 10.2 Å². The highest BCUT2D eigenvalue weighted by molar-refractivity contribution is 7.90. The van der Waals surface area contributed by atoms with Crippen molar-refractivity contribution in [2.45, 2.75) is 17.7 Å². The Morgan fingerprint density at radius 3 is 2.39 bits per heavy atom. The summed E-state index contributed by atoms with van der Waals surface area (Å²) in [6, 6.07) is 14.7. The van der Waals surface area contributed by atoms with Gasteiger partial charge in [-0.1, -0.05) is 12.1 Å². The Hall–Kier alpha value is -2.34. The molecular formula is C17H17N3O2S. The highest BCUT2D eigenvalue weighted by atomic mass is 32.2. The van der Waals surface area contributed by atoms with Gasteiger partial charge in [0.25, 0.3) is 10.0 Å². The Bertz CT molecular complexity index is 867. The van der Waals surface area contributed by atoms with Crippen molar-refractivity contribution in [1.29, 1.82) is 0 Å². The summed E-state index contributed by atoms with van der Waals surface area (Å²) in [6.07, 6.45) is 2.45.